The number of fused-ring (bicyclic) bond motifs is 1. The molecule has 2 atom stereocenters. The first kappa shape index (κ1) is 21.2. The van der Waals surface area contributed by atoms with Crippen LogP contribution in [0.25, 0.3) is 0 Å². The summed E-state index contributed by atoms with van der Waals surface area (Å²) in [6.07, 6.45) is 4.82. The Hall–Kier alpha value is -1.03. The van der Waals surface area contributed by atoms with Crippen LogP contribution in [0.2, 0.25) is 0 Å². The molecule has 1 aromatic carbocycles. The average Bonchev–Trinajstić information content (AvgIpc) is 3.39. The second-order valence-corrected chi connectivity index (χ2v) is 10.3. The van der Waals surface area contributed by atoms with Crippen LogP contribution >= 0.6 is 0 Å². The van der Waals surface area contributed by atoms with E-state index >= 15 is 0 Å². The minimum atomic E-state index is -3.45. The Morgan fingerprint density at radius 1 is 1.14 bits per heavy atom. The standard InChI is InChI=1S/C21H32N2O5S/c24-19(15-27-16-20-5-2-12-28-20)14-22-8-10-23(11-9-22)29(25,26)21-7-6-17-3-1-4-18(17)13-21/h6-7,13,19-20,24H,1-5,8-12,14-16H2/t19-,20+/m1/s1. The summed E-state index contributed by atoms with van der Waals surface area (Å²) in [6, 6.07) is 5.58. The quantitative estimate of drug-likeness (QED) is 0.672. The second-order valence-electron chi connectivity index (χ2n) is 8.32. The van der Waals surface area contributed by atoms with E-state index in [0.29, 0.717) is 44.2 Å². The van der Waals surface area contributed by atoms with Gasteiger partial charge in [-0.3, -0.25) is 4.90 Å². The van der Waals surface area contributed by atoms with Crippen LogP contribution in [0.4, 0.5) is 0 Å². The van der Waals surface area contributed by atoms with Crippen molar-refractivity contribution in [3.63, 3.8) is 0 Å². The van der Waals surface area contributed by atoms with Gasteiger partial charge in [-0.05, 0) is 55.4 Å². The number of piperazine rings is 1. The molecule has 0 bridgehead atoms. The lowest BCUT2D eigenvalue weighted by molar-refractivity contribution is -0.0270. The zero-order valence-corrected chi connectivity index (χ0v) is 17.8. The van der Waals surface area contributed by atoms with Crippen LogP contribution in [-0.2, 0) is 32.3 Å². The monoisotopic (exact) mass is 424 g/mol. The molecule has 2 heterocycles. The molecule has 3 aliphatic rings. The molecule has 2 saturated heterocycles. The zero-order chi connectivity index (χ0) is 20.3. The number of β-amino-alcohol motifs (C(OH)–C–C–N with tert-alkyl or cyclic N) is 1. The summed E-state index contributed by atoms with van der Waals surface area (Å²) in [4.78, 5) is 2.52. The van der Waals surface area contributed by atoms with Crippen molar-refractivity contribution in [3.05, 3.63) is 29.3 Å². The molecule has 7 nitrogen and oxygen atoms in total. The first-order valence-electron chi connectivity index (χ1n) is 10.7. The third-order valence-corrected chi connectivity index (χ3v) is 8.04. The fourth-order valence-electron chi connectivity index (χ4n) is 4.47. The molecule has 8 heteroatoms. The van der Waals surface area contributed by atoms with Gasteiger partial charge in [-0.1, -0.05) is 6.07 Å². The van der Waals surface area contributed by atoms with Crippen molar-refractivity contribution in [1.29, 1.82) is 0 Å². The number of hydrogen-bond acceptors (Lipinski definition) is 6. The molecule has 0 unspecified atom stereocenters. The van der Waals surface area contributed by atoms with E-state index in [1.165, 1.54) is 11.1 Å². The maximum absolute atomic E-state index is 13.0. The Balaban J connectivity index is 1.23. The summed E-state index contributed by atoms with van der Waals surface area (Å²) in [5.74, 6) is 0. The van der Waals surface area contributed by atoms with Crippen LogP contribution in [0.15, 0.2) is 23.1 Å². The van der Waals surface area contributed by atoms with Gasteiger partial charge in [-0.25, -0.2) is 8.42 Å². The van der Waals surface area contributed by atoms with Crippen LogP contribution in [0.1, 0.15) is 30.4 Å². The van der Waals surface area contributed by atoms with Gasteiger partial charge in [0.15, 0.2) is 0 Å². The highest BCUT2D eigenvalue weighted by atomic mass is 32.2. The topological polar surface area (TPSA) is 79.3 Å². The maximum Gasteiger partial charge on any atom is 0.243 e. The fraction of sp³-hybridized carbons (Fsp3) is 0.714. The number of aryl methyl sites for hydroxylation is 2. The molecule has 1 aromatic rings. The number of rotatable bonds is 8. The maximum atomic E-state index is 13.0. The molecule has 0 saturated carbocycles. The minimum Gasteiger partial charge on any atom is -0.389 e. The van der Waals surface area contributed by atoms with Gasteiger partial charge in [0.25, 0.3) is 0 Å². The number of hydrogen-bond donors (Lipinski definition) is 1. The Morgan fingerprint density at radius 2 is 1.93 bits per heavy atom. The molecule has 29 heavy (non-hydrogen) atoms. The van der Waals surface area contributed by atoms with Gasteiger partial charge in [0, 0.05) is 39.3 Å². The minimum absolute atomic E-state index is 0.162. The third-order valence-electron chi connectivity index (χ3n) is 6.15. The van der Waals surface area contributed by atoms with Crippen molar-refractivity contribution in [3.8, 4) is 0 Å². The largest absolute Gasteiger partial charge is 0.389 e. The Morgan fingerprint density at radius 3 is 2.69 bits per heavy atom. The van der Waals surface area contributed by atoms with Crippen LogP contribution < -0.4 is 0 Å². The van der Waals surface area contributed by atoms with Gasteiger partial charge in [-0.15, -0.1) is 0 Å². The number of aliphatic hydroxyl groups is 1. The SMILES string of the molecule is O=S(=O)(c1ccc2c(c1)CCC2)N1CCN(C[C@@H](O)COC[C@@H]2CCCO2)CC1. The second kappa shape index (κ2) is 9.41. The highest BCUT2D eigenvalue weighted by Gasteiger charge is 2.30. The first-order chi connectivity index (χ1) is 14.0. The highest BCUT2D eigenvalue weighted by Crippen LogP contribution is 2.26. The lowest BCUT2D eigenvalue weighted by Crippen LogP contribution is -2.50. The van der Waals surface area contributed by atoms with Gasteiger partial charge in [-0.2, -0.15) is 4.31 Å². The summed E-state index contributed by atoms with van der Waals surface area (Å²) >= 11 is 0. The normalized spacial score (nSPS) is 24.7. The number of sulfonamides is 1. The van der Waals surface area contributed by atoms with E-state index in [4.69, 9.17) is 9.47 Å². The molecular weight excluding hydrogens is 392 g/mol. The van der Waals surface area contributed by atoms with Crippen LogP contribution in [0.5, 0.6) is 0 Å². The lowest BCUT2D eigenvalue weighted by atomic mass is 10.1. The summed E-state index contributed by atoms with van der Waals surface area (Å²) in [6.45, 7) is 4.25. The molecule has 0 aromatic heterocycles. The van der Waals surface area contributed by atoms with Crippen LogP contribution in [-0.4, -0.2) is 87.5 Å². The molecule has 2 aliphatic heterocycles. The van der Waals surface area contributed by atoms with Crippen molar-refractivity contribution >= 4 is 10.0 Å². The number of ether oxygens (including phenoxy) is 2. The Bertz CT molecular complexity index is 786. The van der Waals surface area contributed by atoms with Gasteiger partial charge >= 0.3 is 0 Å². The van der Waals surface area contributed by atoms with Crippen LogP contribution in [0.3, 0.4) is 0 Å². The van der Waals surface area contributed by atoms with Gasteiger partial charge in [0.2, 0.25) is 10.0 Å². The smallest absolute Gasteiger partial charge is 0.243 e. The lowest BCUT2D eigenvalue weighted by Gasteiger charge is -2.35. The van der Waals surface area contributed by atoms with E-state index in [9.17, 15) is 13.5 Å². The molecule has 0 spiro atoms. The van der Waals surface area contributed by atoms with Gasteiger partial charge in [0.1, 0.15) is 0 Å². The van der Waals surface area contributed by atoms with E-state index in [1.807, 2.05) is 12.1 Å². The average molecular weight is 425 g/mol. The summed E-state index contributed by atoms with van der Waals surface area (Å²) in [5, 5.41) is 10.2. The van der Waals surface area contributed by atoms with E-state index < -0.39 is 16.1 Å². The van der Waals surface area contributed by atoms with E-state index in [1.54, 1.807) is 10.4 Å². The number of benzene rings is 1. The Labute approximate surface area is 173 Å². The molecule has 4 rings (SSSR count). The third kappa shape index (κ3) is 5.18. The van der Waals surface area contributed by atoms with E-state index in [2.05, 4.69) is 4.90 Å². The molecule has 162 valence electrons. The van der Waals surface area contributed by atoms with Crippen molar-refractivity contribution < 1.29 is 23.0 Å². The molecule has 0 amide bonds. The van der Waals surface area contributed by atoms with Crippen molar-refractivity contribution in [2.75, 3.05) is 52.5 Å². The summed E-state index contributed by atoms with van der Waals surface area (Å²) in [5.41, 5.74) is 2.46. The first-order valence-corrected chi connectivity index (χ1v) is 12.2. The van der Waals surface area contributed by atoms with Crippen molar-refractivity contribution in [2.45, 2.75) is 49.2 Å². The number of aliphatic hydroxyl groups excluding tert-OH is 1. The molecule has 1 N–H and O–H groups in total. The molecule has 2 fully saturated rings. The van der Waals surface area contributed by atoms with E-state index in [-0.39, 0.29) is 12.7 Å². The van der Waals surface area contributed by atoms with Gasteiger partial charge in [0.05, 0.1) is 30.3 Å². The molecular formula is C21H32N2O5S. The van der Waals surface area contributed by atoms with Crippen molar-refractivity contribution in [2.24, 2.45) is 0 Å². The predicted molar refractivity (Wildman–Crippen MR) is 109 cm³/mol. The van der Waals surface area contributed by atoms with Gasteiger partial charge < -0.3 is 14.6 Å². The fourth-order valence-corrected chi connectivity index (χ4v) is 5.95. The highest BCUT2D eigenvalue weighted by molar-refractivity contribution is 7.89. The molecule has 0 radical (unpaired) electrons. The Kier molecular flexibility index (Phi) is 6.88. The summed E-state index contributed by atoms with van der Waals surface area (Å²) < 4.78 is 38.7. The van der Waals surface area contributed by atoms with Crippen LogP contribution in [0, 0.1) is 0 Å². The predicted octanol–water partition coefficient (Wildman–Crippen LogP) is 1.04. The number of nitrogens with zero attached hydrogens (tertiary/aromatic N) is 2. The van der Waals surface area contributed by atoms with Crippen molar-refractivity contribution in [1.82, 2.24) is 9.21 Å². The zero-order valence-electron chi connectivity index (χ0n) is 17.0. The van der Waals surface area contributed by atoms with E-state index in [0.717, 1.165) is 38.7 Å². The molecule has 1 aliphatic carbocycles. The summed E-state index contributed by atoms with van der Waals surface area (Å²) in [7, 11) is -3.45.